The zero-order valence-electron chi connectivity index (χ0n) is 17.2. The smallest absolute Gasteiger partial charge is 0.339 e. The molecule has 7 nitrogen and oxygen atoms in total. The fraction of sp³-hybridized carbons (Fsp3) is 0.333. The van der Waals surface area contributed by atoms with Crippen LogP contribution in [0.25, 0.3) is 11.4 Å². The van der Waals surface area contributed by atoms with Crippen LogP contribution in [-0.4, -0.2) is 43.8 Å². The van der Waals surface area contributed by atoms with Crippen molar-refractivity contribution in [2.24, 2.45) is 0 Å². The fourth-order valence-electron chi connectivity index (χ4n) is 3.23. The van der Waals surface area contributed by atoms with Crippen LogP contribution in [0.5, 0.6) is 11.5 Å². The van der Waals surface area contributed by atoms with Gasteiger partial charge in [0.25, 0.3) is 0 Å². The van der Waals surface area contributed by atoms with Gasteiger partial charge in [-0.1, -0.05) is 6.07 Å². The summed E-state index contributed by atoms with van der Waals surface area (Å²) in [7, 11) is 4.64. The van der Waals surface area contributed by atoms with Gasteiger partial charge in [0, 0.05) is 17.6 Å². The van der Waals surface area contributed by atoms with Crippen molar-refractivity contribution < 1.29 is 19.0 Å². The number of aromatic nitrogens is 2. The number of carbonyl (C=O) groups excluding carboxylic acids is 1. The van der Waals surface area contributed by atoms with Crippen molar-refractivity contribution in [2.75, 3.05) is 33.2 Å². The average molecular weight is 416 g/mol. The summed E-state index contributed by atoms with van der Waals surface area (Å²) in [5.41, 5.74) is 4.98. The minimum absolute atomic E-state index is 0.342. The molecular weight excluding hydrogens is 390 g/mol. The minimum Gasteiger partial charge on any atom is -0.493 e. The highest BCUT2D eigenvalue weighted by Gasteiger charge is 2.20. The van der Waals surface area contributed by atoms with Crippen molar-refractivity contribution in [2.45, 2.75) is 20.3 Å². The Bertz CT molecular complexity index is 1010. The van der Waals surface area contributed by atoms with E-state index in [9.17, 15) is 4.79 Å². The molecule has 1 aromatic carbocycles. The zero-order valence-corrected chi connectivity index (χ0v) is 18.0. The average Bonchev–Trinajstić information content (AvgIpc) is 3.31. The van der Waals surface area contributed by atoms with E-state index in [-0.39, 0.29) is 5.97 Å². The molecule has 3 aromatic rings. The molecule has 0 saturated carbocycles. The van der Waals surface area contributed by atoms with Crippen molar-refractivity contribution in [3.63, 3.8) is 0 Å². The summed E-state index contributed by atoms with van der Waals surface area (Å²) >= 11 is 1.53. The number of hydrogen-bond donors (Lipinski definition) is 2. The van der Waals surface area contributed by atoms with Gasteiger partial charge in [0.15, 0.2) is 16.6 Å². The number of aromatic amines is 1. The Balaban J connectivity index is 1.67. The summed E-state index contributed by atoms with van der Waals surface area (Å²) in [6.07, 6.45) is 0.822. The van der Waals surface area contributed by atoms with Crippen molar-refractivity contribution >= 4 is 22.4 Å². The number of esters is 1. The largest absolute Gasteiger partial charge is 0.493 e. The molecule has 8 heteroatoms. The summed E-state index contributed by atoms with van der Waals surface area (Å²) < 4.78 is 15.5. The van der Waals surface area contributed by atoms with E-state index in [1.54, 1.807) is 14.2 Å². The molecule has 154 valence electrons. The van der Waals surface area contributed by atoms with Gasteiger partial charge in [-0.05, 0) is 43.5 Å². The number of rotatable bonds is 8. The van der Waals surface area contributed by atoms with Gasteiger partial charge in [-0.3, -0.25) is 0 Å². The highest BCUT2D eigenvalue weighted by Crippen LogP contribution is 2.31. The molecule has 2 heterocycles. The zero-order chi connectivity index (χ0) is 21.0. The maximum Gasteiger partial charge on any atom is 0.339 e. The van der Waals surface area contributed by atoms with Gasteiger partial charge in [0.1, 0.15) is 5.69 Å². The summed E-state index contributed by atoms with van der Waals surface area (Å²) in [6, 6.07) is 5.91. The number of hydrogen-bond acceptors (Lipinski definition) is 7. The fourth-order valence-corrected chi connectivity index (χ4v) is 3.96. The molecule has 0 amide bonds. The minimum atomic E-state index is -0.342. The number of thiazole rings is 1. The molecule has 2 N–H and O–H groups in total. The van der Waals surface area contributed by atoms with E-state index in [4.69, 9.17) is 14.2 Å². The third-order valence-electron chi connectivity index (χ3n) is 4.73. The van der Waals surface area contributed by atoms with Crippen molar-refractivity contribution in [3.8, 4) is 22.9 Å². The monoisotopic (exact) mass is 415 g/mol. The van der Waals surface area contributed by atoms with Gasteiger partial charge in [0.2, 0.25) is 0 Å². The summed E-state index contributed by atoms with van der Waals surface area (Å²) in [5.74, 6) is 1.10. The van der Waals surface area contributed by atoms with E-state index in [1.807, 2.05) is 37.4 Å². The summed E-state index contributed by atoms with van der Waals surface area (Å²) in [5, 5.41) is 6.15. The Hall–Kier alpha value is -3.00. The molecule has 2 aromatic heterocycles. The first-order chi connectivity index (χ1) is 14.0. The van der Waals surface area contributed by atoms with Crippen LogP contribution in [0.2, 0.25) is 0 Å². The molecule has 0 aliphatic heterocycles. The molecule has 0 bridgehead atoms. The first-order valence-electron chi connectivity index (χ1n) is 9.16. The molecule has 0 atom stereocenters. The Morgan fingerprint density at radius 3 is 2.62 bits per heavy atom. The van der Waals surface area contributed by atoms with Crippen LogP contribution >= 0.6 is 11.3 Å². The number of ether oxygens (including phenoxy) is 3. The molecule has 0 aliphatic carbocycles. The van der Waals surface area contributed by atoms with E-state index >= 15 is 0 Å². The molecule has 3 rings (SSSR count). The maximum absolute atomic E-state index is 12.0. The molecule has 0 fully saturated rings. The van der Waals surface area contributed by atoms with E-state index in [2.05, 4.69) is 15.3 Å². The number of aryl methyl sites for hydroxylation is 1. The molecule has 0 radical (unpaired) electrons. The van der Waals surface area contributed by atoms with Crippen LogP contribution in [0.3, 0.4) is 0 Å². The Morgan fingerprint density at radius 1 is 1.17 bits per heavy atom. The molecule has 0 unspecified atom stereocenters. The SMILES string of the molecule is COC(=O)c1c(C)[nH]c(-c2csc(NCCc3ccc(OC)c(OC)c3)n2)c1C. The Kier molecular flexibility index (Phi) is 6.43. The maximum atomic E-state index is 12.0. The lowest BCUT2D eigenvalue weighted by atomic mass is 10.1. The number of nitrogens with one attached hydrogen (secondary N) is 2. The van der Waals surface area contributed by atoms with Crippen LogP contribution in [0.1, 0.15) is 27.2 Å². The first kappa shape index (κ1) is 20.7. The van der Waals surface area contributed by atoms with Crippen LogP contribution in [0, 0.1) is 13.8 Å². The summed E-state index contributed by atoms with van der Waals surface area (Å²) in [6.45, 7) is 4.49. The molecule has 29 heavy (non-hydrogen) atoms. The van der Waals surface area contributed by atoms with Gasteiger partial charge in [-0.25, -0.2) is 9.78 Å². The number of H-pyrrole nitrogens is 1. The normalized spacial score (nSPS) is 10.7. The van der Waals surface area contributed by atoms with Crippen molar-refractivity contribution in [3.05, 3.63) is 46.0 Å². The Labute approximate surface area is 174 Å². The number of benzene rings is 1. The van der Waals surface area contributed by atoms with Crippen molar-refractivity contribution in [1.82, 2.24) is 9.97 Å². The van der Waals surface area contributed by atoms with E-state index in [0.29, 0.717) is 5.56 Å². The second kappa shape index (κ2) is 9.00. The van der Waals surface area contributed by atoms with Gasteiger partial charge >= 0.3 is 5.97 Å². The standard InChI is InChI=1S/C21H25N3O4S/c1-12-18(20(25)28-5)13(2)23-19(12)15-11-29-21(24-15)22-9-8-14-6-7-16(26-3)17(10-14)27-4/h6-7,10-11,23H,8-9H2,1-5H3,(H,22,24). The van der Waals surface area contributed by atoms with Gasteiger partial charge in [0.05, 0.1) is 32.6 Å². The van der Waals surface area contributed by atoms with E-state index in [0.717, 1.165) is 57.8 Å². The molecule has 0 aliphatic rings. The van der Waals surface area contributed by atoms with Crippen LogP contribution in [0.15, 0.2) is 23.6 Å². The van der Waals surface area contributed by atoms with Crippen LogP contribution in [0.4, 0.5) is 5.13 Å². The number of carbonyl (C=O) groups is 1. The van der Waals surface area contributed by atoms with E-state index in [1.165, 1.54) is 18.4 Å². The Morgan fingerprint density at radius 2 is 1.93 bits per heavy atom. The van der Waals surface area contributed by atoms with Crippen molar-refractivity contribution in [1.29, 1.82) is 0 Å². The topological polar surface area (TPSA) is 85.5 Å². The lowest BCUT2D eigenvalue weighted by Gasteiger charge is -2.09. The van der Waals surface area contributed by atoms with Gasteiger partial charge in [-0.2, -0.15) is 0 Å². The number of anilines is 1. The van der Waals surface area contributed by atoms with Gasteiger partial charge < -0.3 is 24.5 Å². The third kappa shape index (κ3) is 4.37. The van der Waals surface area contributed by atoms with Crippen LogP contribution in [-0.2, 0) is 11.2 Å². The second-order valence-corrected chi connectivity index (χ2v) is 7.38. The quantitative estimate of drug-likeness (QED) is 0.536. The van der Waals surface area contributed by atoms with Gasteiger partial charge in [-0.15, -0.1) is 11.3 Å². The molecule has 0 saturated heterocycles. The third-order valence-corrected chi connectivity index (χ3v) is 5.53. The number of nitrogens with zero attached hydrogens (tertiary/aromatic N) is 1. The highest BCUT2D eigenvalue weighted by molar-refractivity contribution is 7.14. The predicted octanol–water partition coefficient (Wildman–Crippen LogP) is 4.21. The number of methoxy groups -OCH3 is 3. The first-order valence-corrected chi connectivity index (χ1v) is 10.0. The molecule has 0 spiro atoms. The second-order valence-electron chi connectivity index (χ2n) is 6.52. The highest BCUT2D eigenvalue weighted by atomic mass is 32.1. The predicted molar refractivity (Wildman–Crippen MR) is 114 cm³/mol. The summed E-state index contributed by atoms with van der Waals surface area (Å²) in [4.78, 5) is 19.9. The van der Waals surface area contributed by atoms with E-state index < -0.39 is 0 Å². The lowest BCUT2D eigenvalue weighted by Crippen LogP contribution is -2.05. The molecular formula is C21H25N3O4S. The van der Waals surface area contributed by atoms with Crippen LogP contribution < -0.4 is 14.8 Å². The lowest BCUT2D eigenvalue weighted by molar-refractivity contribution is 0.0599.